The highest BCUT2D eigenvalue weighted by Crippen LogP contribution is 2.60. The SMILES string of the molecule is c1ccc(-c2cccc(N(c3ccc(-c4ccc5c(c4)c4ccccc4n5-c4ccccc4)cc3)c3ccc4c(c3)C(c3ccccc3)(c3ccccc3)c3oc5ccccc5c3-4)c2)cc1. The predicted octanol–water partition coefficient (Wildman–Crippen LogP) is 16.7. The van der Waals surface area contributed by atoms with Gasteiger partial charge in [0.25, 0.3) is 0 Å². The van der Waals surface area contributed by atoms with Gasteiger partial charge >= 0.3 is 0 Å². The van der Waals surface area contributed by atoms with Crippen LogP contribution < -0.4 is 4.90 Å². The largest absolute Gasteiger partial charge is 0.459 e. The Balaban J connectivity index is 0.997. The fourth-order valence-corrected chi connectivity index (χ4v) is 10.7. The summed E-state index contributed by atoms with van der Waals surface area (Å²) in [7, 11) is 0. The van der Waals surface area contributed by atoms with Gasteiger partial charge in [-0.05, 0) is 117 Å². The van der Waals surface area contributed by atoms with E-state index in [0.717, 1.165) is 56.2 Å². The number of benzene rings is 10. The molecule has 3 heteroatoms. The molecule has 13 rings (SSSR count). The van der Waals surface area contributed by atoms with Crippen molar-refractivity contribution in [3.8, 4) is 39.1 Å². The Kier molecular flexibility index (Phi) is 8.75. The van der Waals surface area contributed by atoms with E-state index in [1.54, 1.807) is 0 Å². The van der Waals surface area contributed by atoms with Crippen LogP contribution in [0.5, 0.6) is 0 Å². The van der Waals surface area contributed by atoms with Crippen LogP contribution in [-0.4, -0.2) is 4.57 Å². The van der Waals surface area contributed by atoms with Crippen molar-refractivity contribution in [1.82, 2.24) is 4.57 Å². The lowest BCUT2D eigenvalue weighted by atomic mass is 9.70. The van der Waals surface area contributed by atoms with Crippen molar-refractivity contribution in [2.24, 2.45) is 0 Å². The Bertz CT molecular complexity index is 3700. The van der Waals surface area contributed by atoms with Crippen molar-refractivity contribution < 1.29 is 4.42 Å². The van der Waals surface area contributed by atoms with E-state index >= 15 is 0 Å². The van der Waals surface area contributed by atoms with Crippen LogP contribution >= 0.6 is 0 Å². The molecule has 0 N–H and O–H groups in total. The second-order valence-electron chi connectivity index (χ2n) is 17.2. The van der Waals surface area contributed by atoms with Crippen molar-refractivity contribution in [1.29, 1.82) is 0 Å². The molecule has 2 aromatic heterocycles. The predicted molar refractivity (Wildman–Crippen MR) is 273 cm³/mol. The Morgan fingerprint density at radius 1 is 0.364 bits per heavy atom. The molecule has 0 atom stereocenters. The molecule has 0 saturated heterocycles. The summed E-state index contributed by atoms with van der Waals surface area (Å²) in [6, 6.07) is 92.2. The highest BCUT2D eigenvalue weighted by Gasteiger charge is 2.50. The number of hydrogen-bond acceptors (Lipinski definition) is 2. The zero-order chi connectivity index (χ0) is 43.6. The number of para-hydroxylation sites is 3. The number of furan rings is 1. The van der Waals surface area contributed by atoms with Crippen molar-refractivity contribution in [2.45, 2.75) is 5.41 Å². The molecule has 0 saturated carbocycles. The normalized spacial score (nSPS) is 12.7. The Hall–Kier alpha value is -8.66. The number of anilines is 3. The molecule has 66 heavy (non-hydrogen) atoms. The van der Waals surface area contributed by atoms with Crippen LogP contribution in [-0.2, 0) is 5.41 Å². The molecule has 0 radical (unpaired) electrons. The molecule has 0 spiro atoms. The fraction of sp³-hybridized carbons (Fsp3) is 0.0159. The zero-order valence-corrected chi connectivity index (χ0v) is 36.1. The standard InChI is InChI=1S/C63H42N2O/c1-5-18-43(19-6-1)45-20-17-27-51(40-45)64(50-35-32-44(33-36-50)46-34-39-59-56(41-46)53-28-13-15-30-58(53)65(59)49-25-11-4-12-26-49)52-37-38-54-57(42-52)63(47-21-7-2-8-22-47,48-23-9-3-10-24-48)62-61(54)55-29-14-16-31-60(55)66-62/h1-42H. The number of aromatic nitrogens is 1. The molecule has 0 bridgehead atoms. The van der Waals surface area contributed by atoms with Crippen LogP contribution in [0.15, 0.2) is 259 Å². The fourth-order valence-electron chi connectivity index (χ4n) is 10.7. The van der Waals surface area contributed by atoms with Gasteiger partial charge in [0, 0.05) is 44.5 Å². The molecule has 3 nitrogen and oxygen atoms in total. The van der Waals surface area contributed by atoms with Gasteiger partial charge in [0.1, 0.15) is 16.8 Å². The van der Waals surface area contributed by atoms with Gasteiger partial charge in [-0.1, -0.05) is 182 Å². The first-order valence-corrected chi connectivity index (χ1v) is 22.7. The highest BCUT2D eigenvalue weighted by atomic mass is 16.3. The van der Waals surface area contributed by atoms with Gasteiger partial charge in [-0.2, -0.15) is 0 Å². The van der Waals surface area contributed by atoms with E-state index in [1.807, 2.05) is 0 Å². The first-order chi connectivity index (χ1) is 32.7. The summed E-state index contributed by atoms with van der Waals surface area (Å²) in [6.07, 6.45) is 0. The smallest absolute Gasteiger partial charge is 0.135 e. The van der Waals surface area contributed by atoms with Crippen molar-refractivity contribution in [3.63, 3.8) is 0 Å². The molecule has 0 aliphatic heterocycles. The quantitative estimate of drug-likeness (QED) is 0.152. The maximum atomic E-state index is 7.07. The lowest BCUT2D eigenvalue weighted by molar-refractivity contribution is 0.502. The second-order valence-corrected chi connectivity index (χ2v) is 17.2. The third kappa shape index (κ3) is 5.84. The van der Waals surface area contributed by atoms with Crippen molar-refractivity contribution in [3.05, 3.63) is 277 Å². The van der Waals surface area contributed by atoms with Gasteiger partial charge in [0.05, 0.1) is 11.0 Å². The molecule has 1 aliphatic carbocycles. The van der Waals surface area contributed by atoms with E-state index in [0.29, 0.717) is 0 Å². The third-order valence-corrected chi connectivity index (χ3v) is 13.6. The lowest BCUT2D eigenvalue weighted by Crippen LogP contribution is -2.28. The summed E-state index contributed by atoms with van der Waals surface area (Å²) in [5, 5.41) is 3.61. The average Bonchev–Trinajstić information content (AvgIpc) is 4.03. The van der Waals surface area contributed by atoms with Gasteiger partial charge in [-0.25, -0.2) is 0 Å². The van der Waals surface area contributed by atoms with Crippen LogP contribution in [0.25, 0.3) is 71.8 Å². The Morgan fingerprint density at radius 2 is 0.909 bits per heavy atom. The minimum Gasteiger partial charge on any atom is -0.459 e. The monoisotopic (exact) mass is 842 g/mol. The first kappa shape index (κ1) is 37.9. The summed E-state index contributed by atoms with van der Waals surface area (Å²) in [5.41, 5.74) is 17.5. The van der Waals surface area contributed by atoms with Gasteiger partial charge < -0.3 is 13.9 Å². The van der Waals surface area contributed by atoms with E-state index in [-0.39, 0.29) is 0 Å². The Labute approximate surface area is 383 Å². The third-order valence-electron chi connectivity index (χ3n) is 13.6. The molecule has 0 fully saturated rings. The number of fused-ring (bicyclic) bond motifs is 8. The van der Waals surface area contributed by atoms with E-state index in [1.165, 1.54) is 55.2 Å². The van der Waals surface area contributed by atoms with E-state index < -0.39 is 5.41 Å². The van der Waals surface area contributed by atoms with Crippen LogP contribution in [0.1, 0.15) is 22.5 Å². The second kappa shape index (κ2) is 15.3. The number of hydrogen-bond donors (Lipinski definition) is 0. The molecule has 1 aliphatic rings. The highest BCUT2D eigenvalue weighted by molar-refractivity contribution is 6.10. The summed E-state index contributed by atoms with van der Waals surface area (Å²) in [6.45, 7) is 0. The van der Waals surface area contributed by atoms with Crippen LogP contribution in [0.4, 0.5) is 17.1 Å². The first-order valence-electron chi connectivity index (χ1n) is 22.7. The van der Waals surface area contributed by atoms with E-state index in [9.17, 15) is 0 Å². The molecule has 0 unspecified atom stereocenters. The molecule has 0 amide bonds. The maximum Gasteiger partial charge on any atom is 0.135 e. The van der Waals surface area contributed by atoms with Crippen LogP contribution in [0, 0.1) is 0 Å². The van der Waals surface area contributed by atoms with Crippen LogP contribution in [0.3, 0.4) is 0 Å². The number of nitrogens with zero attached hydrogens (tertiary/aromatic N) is 2. The molecule has 310 valence electrons. The van der Waals surface area contributed by atoms with Gasteiger partial charge in [0.2, 0.25) is 0 Å². The summed E-state index contributed by atoms with van der Waals surface area (Å²) in [5.74, 6) is 0.957. The van der Waals surface area contributed by atoms with Gasteiger partial charge in [-0.15, -0.1) is 0 Å². The minimum atomic E-state index is -0.702. The van der Waals surface area contributed by atoms with Crippen molar-refractivity contribution in [2.75, 3.05) is 4.90 Å². The average molecular weight is 843 g/mol. The Morgan fingerprint density at radius 3 is 1.65 bits per heavy atom. The zero-order valence-electron chi connectivity index (χ0n) is 36.1. The van der Waals surface area contributed by atoms with E-state index in [4.69, 9.17) is 4.42 Å². The molecule has 12 aromatic rings. The molecular formula is C63H42N2O. The lowest BCUT2D eigenvalue weighted by Gasteiger charge is -2.33. The van der Waals surface area contributed by atoms with E-state index in [2.05, 4.69) is 264 Å². The molecule has 10 aromatic carbocycles. The van der Waals surface area contributed by atoms with Crippen molar-refractivity contribution >= 4 is 49.8 Å². The maximum absolute atomic E-state index is 7.07. The summed E-state index contributed by atoms with van der Waals surface area (Å²) in [4.78, 5) is 2.41. The number of rotatable bonds is 8. The van der Waals surface area contributed by atoms with Gasteiger partial charge in [-0.3, -0.25) is 0 Å². The summed E-state index contributed by atoms with van der Waals surface area (Å²) >= 11 is 0. The van der Waals surface area contributed by atoms with Crippen LogP contribution in [0.2, 0.25) is 0 Å². The summed E-state index contributed by atoms with van der Waals surface area (Å²) < 4.78 is 9.44. The van der Waals surface area contributed by atoms with Gasteiger partial charge in [0.15, 0.2) is 0 Å². The molecular weight excluding hydrogens is 801 g/mol. The molecule has 2 heterocycles. The topological polar surface area (TPSA) is 21.3 Å². The minimum absolute atomic E-state index is 0.702.